The van der Waals surface area contributed by atoms with Gasteiger partial charge in [0.05, 0.1) is 13.2 Å². The summed E-state index contributed by atoms with van der Waals surface area (Å²) in [6.45, 7) is 5.15. The molecule has 2 aliphatic rings. The van der Waals surface area contributed by atoms with Crippen molar-refractivity contribution in [3.05, 3.63) is 0 Å². The van der Waals surface area contributed by atoms with Crippen LogP contribution in [0.2, 0.25) is 0 Å². The quantitative estimate of drug-likeness (QED) is 0.442. The van der Waals surface area contributed by atoms with Gasteiger partial charge >= 0.3 is 7.66 Å². The van der Waals surface area contributed by atoms with Crippen LogP contribution < -0.4 is 0 Å². The second-order valence-corrected chi connectivity index (χ2v) is 16.9. The molecule has 2 heterocycles. The number of nitrogens with zero attached hydrogens (tertiary/aromatic N) is 3. The predicted molar refractivity (Wildman–Crippen MR) is 86.4 cm³/mol. The number of hydrogen-bond acceptors (Lipinski definition) is 5. The standard InChI is InChI=1S/C7H14Cl4N3O2P3/c1-3-4-7(2)5-15-19(16-6-7)13-17(8,9)12-18(10,11)14-19/h3-6H2,1-2H3. The summed E-state index contributed by atoms with van der Waals surface area (Å²) < 4.78 is 23.7. The average Bonchev–Trinajstić information content (AvgIpc) is 2.19. The van der Waals surface area contributed by atoms with Gasteiger partial charge in [0.1, 0.15) is 0 Å². The van der Waals surface area contributed by atoms with Crippen LogP contribution in [0, 0.1) is 5.41 Å². The van der Waals surface area contributed by atoms with Gasteiger partial charge in [0.15, 0.2) is 0 Å². The molecule has 0 aromatic rings. The summed E-state index contributed by atoms with van der Waals surface area (Å²) in [5.74, 6) is -5.93. The minimum absolute atomic E-state index is 0.0565. The van der Waals surface area contributed by atoms with E-state index in [1.165, 1.54) is 0 Å². The highest BCUT2D eigenvalue weighted by atomic mass is 35.9. The lowest BCUT2D eigenvalue weighted by Gasteiger charge is -2.38. The SMILES string of the molecule is CCCC1(C)COP2(=NP(Cl)(Cl)=NP(Cl)(Cl)=N2)OC1. The van der Waals surface area contributed by atoms with E-state index in [9.17, 15) is 0 Å². The van der Waals surface area contributed by atoms with E-state index in [4.69, 9.17) is 54.0 Å². The van der Waals surface area contributed by atoms with Gasteiger partial charge in [-0.25, -0.2) is 0 Å². The summed E-state index contributed by atoms with van der Waals surface area (Å²) in [6.07, 6.45) is 2.03. The van der Waals surface area contributed by atoms with Crippen molar-refractivity contribution in [2.75, 3.05) is 13.2 Å². The van der Waals surface area contributed by atoms with Crippen LogP contribution in [0.5, 0.6) is 0 Å². The second kappa shape index (κ2) is 5.76. The largest absolute Gasteiger partial charge is 0.345 e. The van der Waals surface area contributed by atoms with E-state index < -0.39 is 19.5 Å². The summed E-state index contributed by atoms with van der Waals surface area (Å²) in [7, 11) is -2.90. The molecule has 0 atom stereocenters. The minimum Gasteiger partial charge on any atom is -0.306 e. The molecule has 0 bridgehead atoms. The fraction of sp³-hybridized carbons (Fsp3) is 1.00. The Bertz CT molecular complexity index is 520. The van der Waals surface area contributed by atoms with Crippen LogP contribution in [0.1, 0.15) is 26.7 Å². The molecule has 1 spiro atoms. The molecule has 1 saturated heterocycles. The van der Waals surface area contributed by atoms with Gasteiger partial charge in [-0.1, -0.05) is 20.3 Å². The van der Waals surface area contributed by atoms with Crippen LogP contribution in [0.3, 0.4) is 0 Å². The van der Waals surface area contributed by atoms with Crippen LogP contribution in [-0.2, 0) is 9.05 Å². The lowest BCUT2D eigenvalue weighted by molar-refractivity contribution is 0.0366. The van der Waals surface area contributed by atoms with Crippen molar-refractivity contribution in [2.24, 2.45) is 19.0 Å². The Hall–Kier alpha value is 1.77. The highest BCUT2D eigenvalue weighted by molar-refractivity contribution is 8.20. The Kier molecular flexibility index (Phi) is 5.19. The van der Waals surface area contributed by atoms with Crippen LogP contribution in [0.15, 0.2) is 13.5 Å². The normalized spacial score (nSPS) is 40.1. The maximum absolute atomic E-state index is 6.02. The van der Waals surface area contributed by atoms with Crippen molar-refractivity contribution in [3.63, 3.8) is 0 Å². The molecule has 0 N–H and O–H groups in total. The molecule has 0 amide bonds. The first-order chi connectivity index (χ1) is 8.60. The molecule has 1 fully saturated rings. The van der Waals surface area contributed by atoms with E-state index in [1.54, 1.807) is 0 Å². The van der Waals surface area contributed by atoms with Crippen molar-refractivity contribution in [2.45, 2.75) is 26.7 Å². The van der Waals surface area contributed by atoms with Crippen molar-refractivity contribution < 1.29 is 9.05 Å². The predicted octanol–water partition coefficient (Wildman–Crippen LogP) is 7.65. The van der Waals surface area contributed by atoms with Gasteiger partial charge < -0.3 is 9.05 Å². The summed E-state index contributed by atoms with van der Waals surface area (Å²) in [5, 5.41) is 0. The zero-order chi connectivity index (χ0) is 14.4. The second-order valence-electron chi connectivity index (χ2n) is 4.78. The van der Waals surface area contributed by atoms with E-state index >= 15 is 0 Å². The maximum Gasteiger partial charge on any atom is 0.345 e. The molecule has 0 aromatic heterocycles. The summed E-state index contributed by atoms with van der Waals surface area (Å²) in [4.78, 5) is 0. The highest BCUT2D eigenvalue weighted by Gasteiger charge is 2.42. The molecule has 0 aliphatic carbocycles. The van der Waals surface area contributed by atoms with Crippen molar-refractivity contribution in [1.29, 1.82) is 0 Å². The average molecular weight is 407 g/mol. The molecule has 112 valence electrons. The van der Waals surface area contributed by atoms with E-state index in [0.717, 1.165) is 12.8 Å². The lowest BCUT2D eigenvalue weighted by Crippen LogP contribution is -2.32. The Morgan fingerprint density at radius 1 is 1.00 bits per heavy atom. The molecular formula is C7H14Cl4N3O2P3. The Morgan fingerprint density at radius 3 is 2.00 bits per heavy atom. The summed E-state index contributed by atoms with van der Waals surface area (Å²) in [6, 6.07) is 0. The topological polar surface area (TPSA) is 55.5 Å². The molecular weight excluding hydrogens is 393 g/mol. The molecule has 0 aromatic carbocycles. The molecule has 0 saturated carbocycles. The van der Waals surface area contributed by atoms with E-state index in [-0.39, 0.29) is 5.41 Å². The summed E-state index contributed by atoms with van der Waals surface area (Å²) in [5.41, 5.74) is -0.0565. The van der Waals surface area contributed by atoms with Gasteiger partial charge in [0.25, 0.3) is 11.8 Å². The van der Waals surface area contributed by atoms with Crippen LogP contribution in [-0.4, -0.2) is 13.2 Å². The Morgan fingerprint density at radius 2 is 1.53 bits per heavy atom. The Balaban J connectivity index is 2.32. The number of halogens is 4. The Labute approximate surface area is 132 Å². The van der Waals surface area contributed by atoms with E-state index in [2.05, 4.69) is 27.4 Å². The van der Waals surface area contributed by atoms with Gasteiger partial charge in [-0.15, -0.1) is 0 Å². The molecule has 2 aliphatic heterocycles. The fourth-order valence-corrected chi connectivity index (χ4v) is 16.2. The van der Waals surface area contributed by atoms with Gasteiger partial charge in [-0.2, -0.15) is 13.5 Å². The number of rotatable bonds is 2. The number of hydrogen-bond donors (Lipinski definition) is 0. The monoisotopic (exact) mass is 405 g/mol. The zero-order valence-corrected chi connectivity index (χ0v) is 16.0. The van der Waals surface area contributed by atoms with Crippen LogP contribution in [0.4, 0.5) is 0 Å². The van der Waals surface area contributed by atoms with E-state index in [1.807, 2.05) is 0 Å². The molecule has 5 nitrogen and oxygen atoms in total. The third-order valence-electron chi connectivity index (χ3n) is 2.67. The first-order valence-electron chi connectivity index (χ1n) is 5.59. The molecule has 19 heavy (non-hydrogen) atoms. The van der Waals surface area contributed by atoms with Gasteiger partial charge in [-0.3, -0.25) is 0 Å². The molecule has 0 radical (unpaired) electrons. The third kappa shape index (κ3) is 4.38. The first-order valence-corrected chi connectivity index (χ1v) is 14.1. The maximum atomic E-state index is 6.02. The fourth-order valence-electron chi connectivity index (χ4n) is 1.87. The minimum atomic E-state index is -2.96. The third-order valence-corrected chi connectivity index (χ3v) is 13.7. The molecule has 2 rings (SSSR count). The van der Waals surface area contributed by atoms with Crippen LogP contribution >= 0.6 is 64.4 Å². The highest BCUT2D eigenvalue weighted by Crippen LogP contribution is 2.86. The van der Waals surface area contributed by atoms with E-state index in [0.29, 0.717) is 13.2 Å². The van der Waals surface area contributed by atoms with Crippen molar-refractivity contribution >= 4 is 64.4 Å². The zero-order valence-electron chi connectivity index (χ0n) is 10.3. The van der Waals surface area contributed by atoms with Gasteiger partial charge in [0.2, 0.25) is 0 Å². The molecule has 12 heteroatoms. The molecule has 0 unspecified atom stereocenters. The first kappa shape index (κ1) is 17.1. The lowest BCUT2D eigenvalue weighted by atomic mass is 9.88. The van der Waals surface area contributed by atoms with Crippen molar-refractivity contribution in [1.82, 2.24) is 0 Å². The van der Waals surface area contributed by atoms with Gasteiger partial charge in [0, 0.05) is 5.41 Å². The smallest absolute Gasteiger partial charge is 0.306 e. The van der Waals surface area contributed by atoms with Crippen molar-refractivity contribution in [3.8, 4) is 0 Å². The van der Waals surface area contributed by atoms with Crippen LogP contribution in [0.25, 0.3) is 0 Å². The van der Waals surface area contributed by atoms with Gasteiger partial charge in [-0.05, 0) is 51.4 Å². The summed E-state index contributed by atoms with van der Waals surface area (Å²) >= 11 is 24.1.